The van der Waals surface area contributed by atoms with Gasteiger partial charge in [-0.3, -0.25) is 0 Å². The molecular weight excluding hydrogens is 178 g/mol. The van der Waals surface area contributed by atoms with E-state index in [0.717, 1.165) is 5.92 Å². The molecule has 0 saturated carbocycles. The van der Waals surface area contributed by atoms with Crippen LogP contribution in [0.15, 0.2) is 0 Å². The Bertz CT molecular complexity index is 126. The van der Waals surface area contributed by atoms with Crippen molar-refractivity contribution in [1.82, 2.24) is 0 Å². The number of quaternary nitrogens is 1. The Morgan fingerprint density at radius 1 is 1.14 bits per heavy atom. The number of likely N-dealkylation sites (tertiary alicyclic amines) is 1. The molecule has 0 aromatic heterocycles. The third-order valence-electron chi connectivity index (χ3n) is 3.37. The van der Waals surface area contributed by atoms with Crippen molar-refractivity contribution in [2.75, 3.05) is 26.7 Å². The van der Waals surface area contributed by atoms with E-state index in [1.165, 1.54) is 49.8 Å². The van der Waals surface area contributed by atoms with Crippen molar-refractivity contribution in [3.63, 3.8) is 0 Å². The molecule has 0 aromatic rings. The lowest BCUT2D eigenvalue weighted by Gasteiger charge is -2.39. The third-order valence-corrected chi connectivity index (χ3v) is 3.37. The largest absolute Gasteiger partial charge is 0.412 e. The van der Waals surface area contributed by atoms with Crippen molar-refractivity contribution >= 4 is 0 Å². The zero-order chi connectivity index (χ0) is 9.03. The van der Waals surface area contributed by atoms with Gasteiger partial charge >= 0.3 is 0 Å². The number of piperidine rings is 1. The monoisotopic (exact) mass is 206 g/mol. The summed E-state index contributed by atoms with van der Waals surface area (Å²) < 4.78 is 1.35. The van der Waals surface area contributed by atoms with Crippen molar-refractivity contribution in [2.24, 2.45) is 5.92 Å². The van der Waals surface area contributed by atoms with E-state index < -0.39 is 0 Å². The minimum Gasteiger partial charge on any atom is -0.412 e. The van der Waals surface area contributed by atoms with E-state index >= 15 is 0 Å². The van der Waals surface area contributed by atoms with Crippen LogP contribution >= 0.6 is 0 Å². The van der Waals surface area contributed by atoms with Crippen LogP contribution in [0.25, 0.3) is 0 Å². The van der Waals surface area contributed by atoms with Crippen molar-refractivity contribution in [3.8, 4) is 0 Å². The Balaban J connectivity index is 0. The van der Waals surface area contributed by atoms with Crippen molar-refractivity contribution < 1.29 is 15.4 Å². The highest BCUT2D eigenvalue weighted by molar-refractivity contribution is 4.59. The van der Waals surface area contributed by atoms with Gasteiger partial charge in [-0.25, -0.2) is 0 Å². The number of rotatable bonds is 3. The lowest BCUT2D eigenvalue weighted by atomic mass is 9.97. The minimum absolute atomic E-state index is 0. The SMILES string of the molecule is CCCC[N+]1(C)CCC(C)CC1.O.O. The normalized spacial score (nSPS) is 31.5. The third kappa shape index (κ3) is 4.94. The van der Waals surface area contributed by atoms with E-state index in [1.807, 2.05) is 0 Å². The number of nitrogens with zero attached hydrogens (tertiary/aromatic N) is 1. The Hall–Kier alpha value is -0.120. The topological polar surface area (TPSA) is 63.0 Å². The average molecular weight is 206 g/mol. The van der Waals surface area contributed by atoms with Crippen LogP contribution in [0.1, 0.15) is 39.5 Å². The first-order valence-electron chi connectivity index (χ1n) is 5.50. The summed E-state index contributed by atoms with van der Waals surface area (Å²) in [5.74, 6) is 0.984. The molecule has 88 valence electrons. The molecule has 0 aliphatic carbocycles. The summed E-state index contributed by atoms with van der Waals surface area (Å²) in [6.45, 7) is 8.92. The Kier molecular flexibility index (Phi) is 8.40. The Morgan fingerprint density at radius 2 is 1.64 bits per heavy atom. The van der Waals surface area contributed by atoms with E-state index in [0.29, 0.717) is 0 Å². The van der Waals surface area contributed by atoms with Crippen LogP contribution in [0.4, 0.5) is 0 Å². The van der Waals surface area contributed by atoms with Gasteiger partial charge < -0.3 is 15.4 Å². The Labute approximate surface area is 88.3 Å². The van der Waals surface area contributed by atoms with Crippen LogP contribution in [0.5, 0.6) is 0 Å². The average Bonchev–Trinajstić information content (AvgIpc) is 2.08. The molecule has 1 aliphatic heterocycles. The summed E-state index contributed by atoms with van der Waals surface area (Å²) in [7, 11) is 2.43. The lowest BCUT2D eigenvalue weighted by Crippen LogP contribution is -2.49. The minimum atomic E-state index is 0. The zero-order valence-corrected chi connectivity index (χ0v) is 9.97. The molecule has 4 N–H and O–H groups in total. The molecule has 3 heteroatoms. The molecular formula is C11H28NO2+. The summed E-state index contributed by atoms with van der Waals surface area (Å²) in [4.78, 5) is 0. The van der Waals surface area contributed by atoms with E-state index in [4.69, 9.17) is 0 Å². The molecule has 0 amide bonds. The molecule has 1 rings (SSSR count). The predicted molar refractivity (Wildman–Crippen MR) is 61.3 cm³/mol. The lowest BCUT2D eigenvalue weighted by molar-refractivity contribution is -0.915. The molecule has 0 spiro atoms. The van der Waals surface area contributed by atoms with Gasteiger partial charge in [-0.1, -0.05) is 20.3 Å². The van der Waals surface area contributed by atoms with E-state index in [-0.39, 0.29) is 11.0 Å². The quantitative estimate of drug-likeness (QED) is 0.619. The van der Waals surface area contributed by atoms with Gasteiger partial charge in [-0.2, -0.15) is 0 Å². The second kappa shape index (κ2) is 7.21. The van der Waals surface area contributed by atoms with Crippen LogP contribution in [0, 0.1) is 5.92 Å². The van der Waals surface area contributed by atoms with Gasteiger partial charge in [0.15, 0.2) is 0 Å². The molecule has 0 unspecified atom stereocenters. The first-order valence-corrected chi connectivity index (χ1v) is 5.50. The second-order valence-electron chi connectivity index (χ2n) is 4.83. The molecule has 0 aromatic carbocycles. The smallest absolute Gasteiger partial charge is 0.0787 e. The van der Waals surface area contributed by atoms with Crippen LogP contribution < -0.4 is 0 Å². The van der Waals surface area contributed by atoms with Gasteiger partial charge in [0.25, 0.3) is 0 Å². The van der Waals surface area contributed by atoms with Gasteiger partial charge in [-0.15, -0.1) is 0 Å². The molecule has 1 fully saturated rings. The zero-order valence-electron chi connectivity index (χ0n) is 9.97. The number of hydrogen-bond donors (Lipinski definition) is 0. The highest BCUT2D eigenvalue weighted by atomic mass is 16.0. The van der Waals surface area contributed by atoms with Crippen LogP contribution in [-0.2, 0) is 0 Å². The van der Waals surface area contributed by atoms with Crippen LogP contribution in [0.2, 0.25) is 0 Å². The predicted octanol–water partition coefficient (Wildman–Crippen LogP) is 1.01. The molecule has 1 saturated heterocycles. The van der Waals surface area contributed by atoms with Crippen molar-refractivity contribution in [1.29, 1.82) is 0 Å². The van der Waals surface area contributed by atoms with E-state index in [2.05, 4.69) is 20.9 Å². The highest BCUT2D eigenvalue weighted by Gasteiger charge is 2.26. The first kappa shape index (κ1) is 16.3. The summed E-state index contributed by atoms with van der Waals surface area (Å²) in [5, 5.41) is 0. The van der Waals surface area contributed by atoms with Crippen molar-refractivity contribution in [2.45, 2.75) is 39.5 Å². The molecule has 3 nitrogen and oxygen atoms in total. The summed E-state index contributed by atoms with van der Waals surface area (Å²) in [5.41, 5.74) is 0. The summed E-state index contributed by atoms with van der Waals surface area (Å²) >= 11 is 0. The van der Waals surface area contributed by atoms with E-state index in [1.54, 1.807) is 0 Å². The van der Waals surface area contributed by atoms with Crippen molar-refractivity contribution in [3.05, 3.63) is 0 Å². The van der Waals surface area contributed by atoms with Gasteiger partial charge in [-0.05, 0) is 25.2 Å². The summed E-state index contributed by atoms with van der Waals surface area (Å²) in [6, 6.07) is 0. The first-order chi connectivity index (χ1) is 5.66. The molecule has 0 atom stereocenters. The maximum absolute atomic E-state index is 2.43. The standard InChI is InChI=1S/C11H24N.2H2O/c1-4-5-8-12(3)9-6-11(2)7-10-12;;/h11H,4-10H2,1-3H3;2*1H2/q+1;;. The van der Waals surface area contributed by atoms with E-state index in [9.17, 15) is 0 Å². The van der Waals surface area contributed by atoms with Crippen LogP contribution in [0.3, 0.4) is 0 Å². The molecule has 0 bridgehead atoms. The van der Waals surface area contributed by atoms with Crippen LogP contribution in [-0.4, -0.2) is 42.1 Å². The van der Waals surface area contributed by atoms with Gasteiger partial charge in [0.05, 0.1) is 26.7 Å². The number of unbranched alkanes of at least 4 members (excludes halogenated alkanes) is 1. The molecule has 14 heavy (non-hydrogen) atoms. The fourth-order valence-corrected chi connectivity index (χ4v) is 2.08. The second-order valence-corrected chi connectivity index (χ2v) is 4.83. The molecule has 1 aliphatic rings. The maximum atomic E-state index is 2.43. The molecule has 1 heterocycles. The fraction of sp³-hybridized carbons (Fsp3) is 1.00. The molecule has 0 radical (unpaired) electrons. The highest BCUT2D eigenvalue weighted by Crippen LogP contribution is 2.21. The van der Waals surface area contributed by atoms with Gasteiger partial charge in [0.1, 0.15) is 0 Å². The van der Waals surface area contributed by atoms with Gasteiger partial charge in [0, 0.05) is 0 Å². The number of hydrogen-bond acceptors (Lipinski definition) is 0. The fourth-order valence-electron chi connectivity index (χ4n) is 2.08. The van der Waals surface area contributed by atoms with Gasteiger partial charge in [0.2, 0.25) is 0 Å². The maximum Gasteiger partial charge on any atom is 0.0787 e. The Morgan fingerprint density at radius 3 is 2.07 bits per heavy atom. The summed E-state index contributed by atoms with van der Waals surface area (Å²) in [6.07, 6.45) is 5.65.